The summed E-state index contributed by atoms with van der Waals surface area (Å²) in [4.78, 5) is 23.8. The van der Waals surface area contributed by atoms with Crippen LogP contribution in [0.25, 0.3) is 0 Å². The lowest BCUT2D eigenvalue weighted by molar-refractivity contribution is -0.131. The first-order valence-corrected chi connectivity index (χ1v) is 10.6. The molecule has 1 aliphatic heterocycles. The molecule has 1 fully saturated rings. The van der Waals surface area contributed by atoms with Crippen molar-refractivity contribution in [1.82, 2.24) is 5.32 Å². The lowest BCUT2D eigenvalue weighted by Gasteiger charge is -2.43. The van der Waals surface area contributed by atoms with Gasteiger partial charge in [-0.25, -0.2) is 0 Å². The molecule has 160 valence electrons. The highest BCUT2D eigenvalue weighted by Gasteiger charge is 2.40. The van der Waals surface area contributed by atoms with Gasteiger partial charge in [-0.2, -0.15) is 0 Å². The van der Waals surface area contributed by atoms with Crippen molar-refractivity contribution >= 4 is 29.1 Å². The lowest BCUT2D eigenvalue weighted by Crippen LogP contribution is -2.52. The summed E-state index contributed by atoms with van der Waals surface area (Å²) < 4.78 is 6.47. The first-order chi connectivity index (χ1) is 14.1. The molecule has 2 aromatic rings. The van der Waals surface area contributed by atoms with Gasteiger partial charge in [-0.15, -0.1) is 0 Å². The van der Waals surface area contributed by atoms with Gasteiger partial charge in [0.1, 0.15) is 0 Å². The number of carbonyl (C=O) groups is 2. The maximum atomic E-state index is 12.5. The van der Waals surface area contributed by atoms with Gasteiger partial charge in [0.25, 0.3) is 0 Å². The Morgan fingerprint density at radius 2 is 1.70 bits per heavy atom. The van der Waals surface area contributed by atoms with Crippen molar-refractivity contribution in [3.63, 3.8) is 0 Å². The Balaban J connectivity index is 1.89. The molecule has 0 unspecified atom stereocenters. The second-order valence-electron chi connectivity index (χ2n) is 8.58. The van der Waals surface area contributed by atoms with Crippen LogP contribution in [0.15, 0.2) is 48.5 Å². The quantitative estimate of drug-likeness (QED) is 0.667. The summed E-state index contributed by atoms with van der Waals surface area (Å²) in [5.41, 5.74) is 2.31. The first kappa shape index (κ1) is 22.3. The molecular weight excluding hydrogens is 400 g/mol. The molecule has 2 amide bonds. The van der Waals surface area contributed by atoms with Crippen molar-refractivity contribution < 1.29 is 14.3 Å². The molecule has 0 aliphatic carbocycles. The zero-order valence-electron chi connectivity index (χ0n) is 17.9. The lowest BCUT2D eigenvalue weighted by atomic mass is 9.81. The van der Waals surface area contributed by atoms with E-state index in [0.29, 0.717) is 17.9 Å². The number of amides is 2. The molecular formula is C24H29ClN2O3. The fraction of sp³-hybridized carbons (Fsp3) is 0.417. The van der Waals surface area contributed by atoms with Gasteiger partial charge in [0.2, 0.25) is 11.8 Å². The van der Waals surface area contributed by atoms with Crippen molar-refractivity contribution in [2.75, 3.05) is 5.32 Å². The van der Waals surface area contributed by atoms with Crippen LogP contribution in [0, 0.1) is 5.92 Å². The molecule has 2 N–H and O–H groups in total. The summed E-state index contributed by atoms with van der Waals surface area (Å²) in [5, 5.41) is 6.67. The second-order valence-corrected chi connectivity index (χ2v) is 9.02. The molecule has 2 aromatic carbocycles. The maximum Gasteiger partial charge on any atom is 0.222 e. The highest BCUT2D eigenvalue weighted by atomic mass is 35.5. The van der Waals surface area contributed by atoms with E-state index in [1.165, 1.54) is 6.92 Å². The molecule has 0 aromatic heterocycles. The van der Waals surface area contributed by atoms with Crippen LogP contribution >= 0.6 is 11.6 Å². The zero-order chi connectivity index (χ0) is 21.9. The van der Waals surface area contributed by atoms with Gasteiger partial charge in [-0.3, -0.25) is 9.59 Å². The minimum Gasteiger partial charge on any atom is -0.365 e. The van der Waals surface area contributed by atoms with Gasteiger partial charge in [-0.1, -0.05) is 49.7 Å². The SMILES string of the molecule is CC(=O)Nc1ccc([C@H]2C[C@@](C)(NC(=O)C(C)C)C[C@@H](c3cccc(Cl)c3)O2)cc1. The van der Waals surface area contributed by atoms with E-state index in [4.69, 9.17) is 16.3 Å². The summed E-state index contributed by atoms with van der Waals surface area (Å²) in [6.45, 7) is 7.35. The smallest absolute Gasteiger partial charge is 0.222 e. The van der Waals surface area contributed by atoms with Crippen molar-refractivity contribution in [2.45, 2.75) is 58.3 Å². The molecule has 0 saturated carbocycles. The fourth-order valence-corrected chi connectivity index (χ4v) is 4.02. The van der Waals surface area contributed by atoms with Gasteiger partial charge >= 0.3 is 0 Å². The van der Waals surface area contributed by atoms with E-state index >= 15 is 0 Å². The molecule has 3 atom stereocenters. The summed E-state index contributed by atoms with van der Waals surface area (Å²) in [5.74, 6) is -0.171. The maximum absolute atomic E-state index is 12.5. The highest BCUT2D eigenvalue weighted by Crippen LogP contribution is 2.44. The van der Waals surface area contributed by atoms with Crippen molar-refractivity contribution in [3.8, 4) is 0 Å². The number of anilines is 1. The molecule has 6 heteroatoms. The fourth-order valence-electron chi connectivity index (χ4n) is 3.82. The van der Waals surface area contributed by atoms with Crippen LogP contribution in [0.1, 0.15) is 63.9 Å². The van der Waals surface area contributed by atoms with E-state index in [1.807, 2.05) is 62.4 Å². The van der Waals surface area contributed by atoms with Crippen LogP contribution in [0.5, 0.6) is 0 Å². The number of halogens is 1. The molecule has 1 heterocycles. The number of hydrogen-bond donors (Lipinski definition) is 2. The van der Waals surface area contributed by atoms with Crippen LogP contribution in [-0.4, -0.2) is 17.4 Å². The van der Waals surface area contributed by atoms with Gasteiger partial charge in [-0.05, 0) is 42.3 Å². The third-order valence-corrected chi connectivity index (χ3v) is 5.61. The molecule has 5 nitrogen and oxygen atoms in total. The summed E-state index contributed by atoms with van der Waals surface area (Å²) in [6.07, 6.45) is 0.912. The average molecular weight is 429 g/mol. The monoisotopic (exact) mass is 428 g/mol. The van der Waals surface area contributed by atoms with Crippen molar-refractivity contribution in [1.29, 1.82) is 0 Å². The molecule has 0 spiro atoms. The van der Waals surface area contributed by atoms with Crippen LogP contribution < -0.4 is 10.6 Å². The predicted octanol–water partition coefficient (Wildman–Crippen LogP) is 5.42. The Morgan fingerprint density at radius 3 is 2.27 bits per heavy atom. The predicted molar refractivity (Wildman–Crippen MR) is 119 cm³/mol. The Bertz CT molecular complexity index is 913. The summed E-state index contributed by atoms with van der Waals surface area (Å²) in [6, 6.07) is 15.3. The number of rotatable bonds is 5. The number of nitrogens with one attached hydrogen (secondary N) is 2. The molecule has 30 heavy (non-hydrogen) atoms. The zero-order valence-corrected chi connectivity index (χ0v) is 18.6. The Labute approximate surface area is 183 Å². The van der Waals surface area contributed by atoms with Gasteiger partial charge < -0.3 is 15.4 Å². The Hall–Kier alpha value is -2.37. The highest BCUT2D eigenvalue weighted by molar-refractivity contribution is 6.30. The third kappa shape index (κ3) is 5.61. The van der Waals surface area contributed by atoms with E-state index in [0.717, 1.165) is 16.8 Å². The van der Waals surface area contributed by atoms with E-state index < -0.39 is 5.54 Å². The molecule has 3 rings (SSSR count). The number of ether oxygens (including phenoxy) is 1. The van der Waals surface area contributed by atoms with Gasteiger partial charge in [0, 0.05) is 41.9 Å². The number of carbonyl (C=O) groups excluding carboxylic acids is 2. The molecule has 0 radical (unpaired) electrons. The van der Waals surface area contributed by atoms with Gasteiger partial charge in [0.05, 0.1) is 12.2 Å². The summed E-state index contributed by atoms with van der Waals surface area (Å²) in [7, 11) is 0. The van der Waals surface area contributed by atoms with E-state index in [2.05, 4.69) is 17.6 Å². The van der Waals surface area contributed by atoms with Gasteiger partial charge in [0.15, 0.2) is 0 Å². The minimum atomic E-state index is -0.423. The standard InChI is InChI=1S/C24H29ClN2O3/c1-15(2)23(29)27-24(4)13-21(17-8-10-20(11-9-17)26-16(3)28)30-22(14-24)18-6-5-7-19(25)12-18/h5-12,15,21-22H,13-14H2,1-4H3,(H,26,28)(H,27,29)/t21-,22+,24-/m1/s1. The van der Waals surface area contributed by atoms with Crippen LogP contribution in [0.3, 0.4) is 0 Å². The first-order valence-electron chi connectivity index (χ1n) is 10.3. The summed E-state index contributed by atoms with van der Waals surface area (Å²) >= 11 is 6.21. The van der Waals surface area contributed by atoms with Crippen molar-refractivity contribution in [3.05, 3.63) is 64.7 Å². The van der Waals surface area contributed by atoms with E-state index in [1.54, 1.807) is 0 Å². The topological polar surface area (TPSA) is 67.4 Å². The van der Waals surface area contributed by atoms with E-state index in [9.17, 15) is 9.59 Å². The molecule has 0 bridgehead atoms. The van der Waals surface area contributed by atoms with Crippen LogP contribution in [-0.2, 0) is 14.3 Å². The molecule has 1 aliphatic rings. The number of hydrogen-bond acceptors (Lipinski definition) is 3. The average Bonchev–Trinajstić information content (AvgIpc) is 2.67. The largest absolute Gasteiger partial charge is 0.365 e. The van der Waals surface area contributed by atoms with Crippen LogP contribution in [0.2, 0.25) is 5.02 Å². The van der Waals surface area contributed by atoms with Crippen molar-refractivity contribution in [2.24, 2.45) is 5.92 Å². The second kappa shape index (κ2) is 9.19. The normalized spacial score (nSPS) is 23.8. The van der Waals surface area contributed by atoms with Crippen LogP contribution in [0.4, 0.5) is 5.69 Å². The third-order valence-electron chi connectivity index (χ3n) is 5.37. The minimum absolute atomic E-state index is 0.0315. The molecule has 1 saturated heterocycles. The van der Waals surface area contributed by atoms with E-state index in [-0.39, 0.29) is 29.9 Å². The Morgan fingerprint density at radius 1 is 1.07 bits per heavy atom. The Kier molecular flexibility index (Phi) is 6.84. The number of benzene rings is 2.